The van der Waals surface area contributed by atoms with E-state index in [-0.39, 0.29) is 11.9 Å². The molecule has 1 aromatic carbocycles. The summed E-state index contributed by atoms with van der Waals surface area (Å²) in [5, 5.41) is 2.97. The Morgan fingerprint density at radius 3 is 3.00 bits per heavy atom. The molecule has 1 aliphatic rings. The SMILES string of the molecule is COc1cccc(CCC2CCCN(CCC(=O)NC(C)C)C2)c1. The number of nitrogens with zero attached hydrogens (tertiary/aromatic N) is 1. The monoisotopic (exact) mass is 332 g/mol. The van der Waals surface area contributed by atoms with Crippen molar-refractivity contribution >= 4 is 5.91 Å². The second kappa shape index (κ2) is 9.67. The Balaban J connectivity index is 1.73. The van der Waals surface area contributed by atoms with Gasteiger partial charge in [-0.3, -0.25) is 4.79 Å². The molecule has 134 valence electrons. The summed E-state index contributed by atoms with van der Waals surface area (Å²) < 4.78 is 5.30. The van der Waals surface area contributed by atoms with Gasteiger partial charge in [-0.15, -0.1) is 0 Å². The number of ether oxygens (including phenoxy) is 1. The zero-order chi connectivity index (χ0) is 17.4. The Kier molecular flexibility index (Phi) is 7.57. The van der Waals surface area contributed by atoms with Crippen molar-refractivity contribution in [1.29, 1.82) is 0 Å². The van der Waals surface area contributed by atoms with E-state index in [4.69, 9.17) is 4.74 Å². The molecule has 1 N–H and O–H groups in total. The molecule has 1 atom stereocenters. The summed E-state index contributed by atoms with van der Waals surface area (Å²) in [5.41, 5.74) is 1.35. The van der Waals surface area contributed by atoms with Gasteiger partial charge in [0.2, 0.25) is 5.91 Å². The fourth-order valence-corrected chi connectivity index (χ4v) is 3.44. The third kappa shape index (κ3) is 6.52. The predicted molar refractivity (Wildman–Crippen MR) is 98.4 cm³/mol. The van der Waals surface area contributed by atoms with Crippen LogP contribution in [-0.2, 0) is 11.2 Å². The molecule has 0 radical (unpaired) electrons. The highest BCUT2D eigenvalue weighted by molar-refractivity contribution is 5.76. The number of benzene rings is 1. The lowest BCUT2D eigenvalue weighted by molar-refractivity contribution is -0.122. The van der Waals surface area contributed by atoms with Gasteiger partial charge in [-0.1, -0.05) is 12.1 Å². The van der Waals surface area contributed by atoms with Crippen LogP contribution in [0.25, 0.3) is 0 Å². The van der Waals surface area contributed by atoms with Crippen LogP contribution >= 0.6 is 0 Å². The second-order valence-electron chi connectivity index (χ2n) is 7.17. The first kappa shape index (κ1) is 18.8. The number of methoxy groups -OCH3 is 1. The molecule has 1 fully saturated rings. The van der Waals surface area contributed by atoms with Crippen molar-refractivity contribution in [2.45, 2.75) is 52.0 Å². The Morgan fingerprint density at radius 2 is 2.25 bits per heavy atom. The molecular weight excluding hydrogens is 300 g/mol. The molecule has 0 saturated carbocycles. The first-order valence-electron chi connectivity index (χ1n) is 9.21. The van der Waals surface area contributed by atoms with E-state index >= 15 is 0 Å². The van der Waals surface area contributed by atoms with Gasteiger partial charge in [-0.25, -0.2) is 0 Å². The van der Waals surface area contributed by atoms with E-state index in [0.717, 1.165) is 37.7 Å². The Labute approximate surface area is 146 Å². The average Bonchev–Trinajstić information content (AvgIpc) is 2.58. The third-order valence-electron chi connectivity index (χ3n) is 4.68. The van der Waals surface area contributed by atoms with Gasteiger partial charge in [0.1, 0.15) is 5.75 Å². The number of hydrogen-bond acceptors (Lipinski definition) is 3. The highest BCUT2D eigenvalue weighted by atomic mass is 16.5. The number of carbonyl (C=O) groups is 1. The zero-order valence-electron chi connectivity index (χ0n) is 15.4. The van der Waals surface area contributed by atoms with E-state index in [9.17, 15) is 4.79 Å². The molecule has 1 heterocycles. The van der Waals surface area contributed by atoms with Gasteiger partial charge in [0.15, 0.2) is 0 Å². The van der Waals surface area contributed by atoms with Gasteiger partial charge in [0.05, 0.1) is 7.11 Å². The summed E-state index contributed by atoms with van der Waals surface area (Å²) in [7, 11) is 1.72. The van der Waals surface area contributed by atoms with Crippen LogP contribution in [0.5, 0.6) is 5.75 Å². The van der Waals surface area contributed by atoms with Crippen LogP contribution in [0.3, 0.4) is 0 Å². The molecule has 0 aromatic heterocycles. The van der Waals surface area contributed by atoms with Crippen LogP contribution < -0.4 is 10.1 Å². The minimum Gasteiger partial charge on any atom is -0.497 e. The number of amides is 1. The maximum atomic E-state index is 11.8. The molecule has 1 saturated heterocycles. The van der Waals surface area contributed by atoms with Gasteiger partial charge < -0.3 is 15.0 Å². The van der Waals surface area contributed by atoms with Crippen LogP contribution in [-0.4, -0.2) is 43.6 Å². The largest absolute Gasteiger partial charge is 0.497 e. The lowest BCUT2D eigenvalue weighted by atomic mass is 9.91. The quantitative estimate of drug-likeness (QED) is 0.794. The molecule has 4 heteroatoms. The van der Waals surface area contributed by atoms with Crippen LogP contribution in [0.2, 0.25) is 0 Å². The molecule has 24 heavy (non-hydrogen) atoms. The lowest BCUT2D eigenvalue weighted by Crippen LogP contribution is -2.39. The van der Waals surface area contributed by atoms with Crippen LogP contribution in [0.4, 0.5) is 0 Å². The molecule has 1 aliphatic heterocycles. The summed E-state index contributed by atoms with van der Waals surface area (Å²) in [5.74, 6) is 1.84. The van der Waals surface area contributed by atoms with Gasteiger partial charge >= 0.3 is 0 Å². The lowest BCUT2D eigenvalue weighted by Gasteiger charge is -2.32. The molecule has 0 spiro atoms. The smallest absolute Gasteiger partial charge is 0.221 e. The highest BCUT2D eigenvalue weighted by Gasteiger charge is 2.20. The number of piperidine rings is 1. The molecule has 4 nitrogen and oxygen atoms in total. The van der Waals surface area contributed by atoms with Crippen molar-refractivity contribution in [2.75, 3.05) is 26.7 Å². The van der Waals surface area contributed by atoms with Gasteiger partial charge in [-0.2, -0.15) is 0 Å². The first-order valence-corrected chi connectivity index (χ1v) is 9.21. The molecule has 2 rings (SSSR count). The zero-order valence-corrected chi connectivity index (χ0v) is 15.4. The summed E-state index contributed by atoms with van der Waals surface area (Å²) >= 11 is 0. The first-order chi connectivity index (χ1) is 11.6. The third-order valence-corrected chi connectivity index (χ3v) is 4.68. The summed E-state index contributed by atoms with van der Waals surface area (Å²) in [6.07, 6.45) is 5.47. The maximum absolute atomic E-state index is 11.8. The number of hydrogen-bond donors (Lipinski definition) is 1. The van der Waals surface area contributed by atoms with Crippen molar-refractivity contribution in [3.05, 3.63) is 29.8 Å². The van der Waals surface area contributed by atoms with Crippen LogP contribution in [0, 0.1) is 5.92 Å². The normalized spacial score (nSPS) is 18.6. The standard InChI is InChI=1S/C20H32N2O2/c1-16(2)21-20(23)11-13-22-12-5-7-18(15-22)10-9-17-6-4-8-19(14-17)24-3/h4,6,8,14,16,18H,5,7,9-13,15H2,1-3H3,(H,21,23). The van der Waals surface area contributed by atoms with Crippen molar-refractivity contribution in [3.8, 4) is 5.75 Å². The summed E-state index contributed by atoms with van der Waals surface area (Å²) in [6.45, 7) is 7.15. The summed E-state index contributed by atoms with van der Waals surface area (Å²) in [6, 6.07) is 8.60. The fraction of sp³-hybridized carbons (Fsp3) is 0.650. The number of rotatable bonds is 8. The van der Waals surface area contributed by atoms with Crippen molar-refractivity contribution in [2.24, 2.45) is 5.92 Å². The van der Waals surface area contributed by atoms with Crippen molar-refractivity contribution in [1.82, 2.24) is 10.2 Å². The van der Waals surface area contributed by atoms with Crippen LogP contribution in [0.1, 0.15) is 45.1 Å². The Hall–Kier alpha value is -1.55. The Morgan fingerprint density at radius 1 is 1.42 bits per heavy atom. The predicted octanol–water partition coefficient (Wildman–Crippen LogP) is 3.25. The number of likely N-dealkylation sites (tertiary alicyclic amines) is 1. The maximum Gasteiger partial charge on any atom is 0.221 e. The minimum atomic E-state index is 0.170. The van der Waals surface area contributed by atoms with E-state index in [1.807, 2.05) is 19.9 Å². The second-order valence-corrected chi connectivity index (χ2v) is 7.17. The average molecular weight is 332 g/mol. The summed E-state index contributed by atoms with van der Waals surface area (Å²) in [4.78, 5) is 14.3. The van der Waals surface area contributed by atoms with E-state index in [1.165, 1.54) is 24.8 Å². The van der Waals surface area contributed by atoms with Crippen molar-refractivity contribution in [3.63, 3.8) is 0 Å². The minimum absolute atomic E-state index is 0.170. The molecular formula is C20H32N2O2. The van der Waals surface area contributed by atoms with E-state index in [1.54, 1.807) is 7.11 Å². The molecule has 1 unspecified atom stereocenters. The van der Waals surface area contributed by atoms with Gasteiger partial charge in [0.25, 0.3) is 0 Å². The molecule has 1 amide bonds. The molecule has 0 aliphatic carbocycles. The van der Waals surface area contributed by atoms with Gasteiger partial charge in [0, 0.05) is 25.6 Å². The number of aryl methyl sites for hydroxylation is 1. The fourth-order valence-electron chi connectivity index (χ4n) is 3.44. The van der Waals surface area contributed by atoms with E-state index in [0.29, 0.717) is 6.42 Å². The molecule has 0 bridgehead atoms. The number of nitrogens with one attached hydrogen (secondary N) is 1. The van der Waals surface area contributed by atoms with E-state index in [2.05, 4.69) is 28.4 Å². The Bertz CT molecular complexity index is 516. The molecule has 1 aromatic rings. The van der Waals surface area contributed by atoms with Gasteiger partial charge in [-0.05, 0) is 69.7 Å². The topological polar surface area (TPSA) is 41.6 Å². The number of carbonyl (C=O) groups excluding carboxylic acids is 1. The van der Waals surface area contributed by atoms with E-state index < -0.39 is 0 Å². The van der Waals surface area contributed by atoms with Crippen molar-refractivity contribution < 1.29 is 9.53 Å². The highest BCUT2D eigenvalue weighted by Crippen LogP contribution is 2.23. The van der Waals surface area contributed by atoms with Crippen LogP contribution in [0.15, 0.2) is 24.3 Å².